The number of hydrogen-bond donors (Lipinski definition) is 1. The van der Waals surface area contributed by atoms with Gasteiger partial charge in [0.25, 0.3) is 10.0 Å². The predicted molar refractivity (Wildman–Crippen MR) is 98.4 cm³/mol. The fourth-order valence-corrected chi connectivity index (χ4v) is 3.37. The second kappa shape index (κ2) is 8.16. The first kappa shape index (κ1) is 19.0. The molecule has 25 heavy (non-hydrogen) atoms. The Morgan fingerprint density at radius 3 is 2.16 bits per heavy atom. The van der Waals surface area contributed by atoms with Gasteiger partial charge in [-0.3, -0.25) is 4.72 Å². The second-order valence-electron chi connectivity index (χ2n) is 5.78. The predicted octanol–water partition coefficient (Wildman–Crippen LogP) is 4.18. The van der Waals surface area contributed by atoms with Gasteiger partial charge in [0.2, 0.25) is 0 Å². The first-order valence-electron chi connectivity index (χ1n) is 8.27. The third kappa shape index (κ3) is 4.82. The lowest BCUT2D eigenvalue weighted by atomic mass is 9.99. The van der Waals surface area contributed by atoms with Crippen molar-refractivity contribution in [1.82, 2.24) is 0 Å². The smallest absolute Gasteiger partial charge is 0.338 e. The summed E-state index contributed by atoms with van der Waals surface area (Å²) in [7, 11) is -3.67. The number of sulfonamides is 1. The molecule has 1 atom stereocenters. The van der Waals surface area contributed by atoms with E-state index in [1.807, 2.05) is 12.1 Å². The summed E-state index contributed by atoms with van der Waals surface area (Å²) >= 11 is 0. The largest absolute Gasteiger partial charge is 0.462 e. The Bertz CT molecular complexity index is 812. The molecular weight excluding hydrogens is 338 g/mol. The lowest BCUT2D eigenvalue weighted by molar-refractivity contribution is 0.0526. The molecule has 0 heterocycles. The molecule has 0 aliphatic rings. The van der Waals surface area contributed by atoms with Gasteiger partial charge in [0.15, 0.2) is 0 Å². The van der Waals surface area contributed by atoms with E-state index in [0.29, 0.717) is 23.8 Å². The van der Waals surface area contributed by atoms with Crippen molar-refractivity contribution in [2.75, 3.05) is 11.3 Å². The summed E-state index contributed by atoms with van der Waals surface area (Å²) < 4.78 is 32.4. The van der Waals surface area contributed by atoms with E-state index in [4.69, 9.17) is 4.74 Å². The number of ether oxygens (including phenoxy) is 1. The van der Waals surface area contributed by atoms with Crippen LogP contribution in [-0.4, -0.2) is 21.0 Å². The number of carbonyl (C=O) groups is 1. The van der Waals surface area contributed by atoms with E-state index in [9.17, 15) is 13.2 Å². The molecular formula is C19H23NO4S. The summed E-state index contributed by atoms with van der Waals surface area (Å²) in [6, 6.07) is 13.0. The summed E-state index contributed by atoms with van der Waals surface area (Å²) in [4.78, 5) is 11.8. The Hall–Kier alpha value is -2.34. The van der Waals surface area contributed by atoms with Crippen LogP contribution in [0.2, 0.25) is 0 Å². The van der Waals surface area contributed by atoms with Gasteiger partial charge in [0.1, 0.15) is 0 Å². The molecule has 2 rings (SSSR count). The van der Waals surface area contributed by atoms with Crippen LogP contribution >= 0.6 is 0 Å². The summed E-state index contributed by atoms with van der Waals surface area (Å²) in [6.07, 6.45) is 0.997. The van der Waals surface area contributed by atoms with Crippen LogP contribution in [0.25, 0.3) is 0 Å². The zero-order valence-electron chi connectivity index (χ0n) is 14.7. The van der Waals surface area contributed by atoms with E-state index in [1.54, 1.807) is 19.1 Å². The molecule has 1 unspecified atom stereocenters. The van der Waals surface area contributed by atoms with Crippen LogP contribution in [0.1, 0.15) is 49.0 Å². The topological polar surface area (TPSA) is 72.5 Å². The molecule has 0 amide bonds. The van der Waals surface area contributed by atoms with Crippen molar-refractivity contribution in [3.63, 3.8) is 0 Å². The van der Waals surface area contributed by atoms with Gasteiger partial charge in [-0.05, 0) is 61.2 Å². The van der Waals surface area contributed by atoms with E-state index < -0.39 is 16.0 Å². The molecule has 0 saturated heterocycles. The van der Waals surface area contributed by atoms with Crippen LogP contribution in [-0.2, 0) is 14.8 Å². The van der Waals surface area contributed by atoms with Crippen molar-refractivity contribution in [3.8, 4) is 0 Å². The Morgan fingerprint density at radius 2 is 1.64 bits per heavy atom. The van der Waals surface area contributed by atoms with E-state index in [0.717, 1.165) is 12.0 Å². The van der Waals surface area contributed by atoms with Crippen molar-refractivity contribution in [1.29, 1.82) is 0 Å². The number of rotatable bonds is 7. The van der Waals surface area contributed by atoms with Crippen molar-refractivity contribution in [2.24, 2.45) is 0 Å². The van der Waals surface area contributed by atoms with Gasteiger partial charge >= 0.3 is 5.97 Å². The van der Waals surface area contributed by atoms with Gasteiger partial charge in [0, 0.05) is 5.69 Å². The first-order chi connectivity index (χ1) is 11.9. The second-order valence-corrected chi connectivity index (χ2v) is 7.46. The maximum Gasteiger partial charge on any atom is 0.338 e. The van der Waals surface area contributed by atoms with Crippen LogP contribution in [0, 0.1) is 0 Å². The first-order valence-corrected chi connectivity index (χ1v) is 9.75. The molecule has 0 saturated carbocycles. The number of benzene rings is 2. The molecule has 0 aromatic heterocycles. The lowest BCUT2D eigenvalue weighted by Gasteiger charge is -2.11. The van der Waals surface area contributed by atoms with Gasteiger partial charge in [-0.1, -0.05) is 26.0 Å². The van der Waals surface area contributed by atoms with E-state index in [2.05, 4.69) is 18.6 Å². The zero-order valence-corrected chi connectivity index (χ0v) is 15.5. The van der Waals surface area contributed by atoms with Crippen molar-refractivity contribution < 1.29 is 17.9 Å². The summed E-state index contributed by atoms with van der Waals surface area (Å²) in [5.74, 6) is -0.0438. The van der Waals surface area contributed by atoms with Crippen LogP contribution in [0.15, 0.2) is 53.4 Å². The Balaban J connectivity index is 2.14. The Kier molecular flexibility index (Phi) is 6.20. The normalized spacial score (nSPS) is 12.4. The highest BCUT2D eigenvalue weighted by atomic mass is 32.2. The maximum absolute atomic E-state index is 12.5. The molecule has 0 aliphatic carbocycles. The quantitative estimate of drug-likeness (QED) is 0.751. The minimum Gasteiger partial charge on any atom is -0.462 e. The van der Waals surface area contributed by atoms with Crippen LogP contribution in [0.5, 0.6) is 0 Å². The highest BCUT2D eigenvalue weighted by Crippen LogP contribution is 2.22. The monoisotopic (exact) mass is 361 g/mol. The van der Waals surface area contributed by atoms with E-state index in [1.165, 1.54) is 24.3 Å². The molecule has 0 bridgehead atoms. The molecule has 2 aromatic carbocycles. The van der Waals surface area contributed by atoms with Crippen molar-refractivity contribution >= 4 is 21.7 Å². The minimum absolute atomic E-state index is 0.203. The average molecular weight is 361 g/mol. The molecule has 0 radical (unpaired) electrons. The number of esters is 1. The average Bonchev–Trinajstić information content (AvgIpc) is 2.61. The highest BCUT2D eigenvalue weighted by molar-refractivity contribution is 7.92. The van der Waals surface area contributed by atoms with Crippen molar-refractivity contribution in [2.45, 2.75) is 38.0 Å². The number of hydrogen-bond acceptors (Lipinski definition) is 4. The van der Waals surface area contributed by atoms with Crippen LogP contribution < -0.4 is 4.72 Å². The molecule has 1 N–H and O–H groups in total. The Morgan fingerprint density at radius 1 is 1.04 bits per heavy atom. The van der Waals surface area contributed by atoms with Gasteiger partial charge in [-0.15, -0.1) is 0 Å². The summed E-state index contributed by atoms with van der Waals surface area (Å²) in [6.45, 7) is 6.22. The standard InChI is InChI=1S/C19H23NO4S/c1-4-14(3)15-8-12-18(13-9-15)25(22,23)20-17-10-6-16(7-11-17)19(21)24-5-2/h6-14,20H,4-5H2,1-3H3. The van der Waals surface area contributed by atoms with Gasteiger partial charge in [0.05, 0.1) is 17.1 Å². The molecule has 0 fully saturated rings. The number of nitrogens with one attached hydrogen (secondary N) is 1. The fourth-order valence-electron chi connectivity index (χ4n) is 2.31. The highest BCUT2D eigenvalue weighted by Gasteiger charge is 2.15. The zero-order chi connectivity index (χ0) is 18.4. The molecule has 2 aromatic rings. The number of anilines is 1. The van der Waals surface area contributed by atoms with Crippen molar-refractivity contribution in [3.05, 3.63) is 59.7 Å². The van der Waals surface area contributed by atoms with Crippen LogP contribution in [0.3, 0.4) is 0 Å². The third-order valence-electron chi connectivity index (χ3n) is 4.02. The van der Waals surface area contributed by atoms with Gasteiger partial charge < -0.3 is 4.74 Å². The number of carbonyl (C=O) groups excluding carboxylic acids is 1. The molecule has 0 aliphatic heterocycles. The third-order valence-corrected chi connectivity index (χ3v) is 5.42. The maximum atomic E-state index is 12.5. The SMILES string of the molecule is CCOC(=O)c1ccc(NS(=O)(=O)c2ccc(C(C)CC)cc2)cc1. The van der Waals surface area contributed by atoms with E-state index in [-0.39, 0.29) is 4.90 Å². The molecule has 0 spiro atoms. The lowest BCUT2D eigenvalue weighted by Crippen LogP contribution is -2.13. The molecule has 5 nitrogen and oxygen atoms in total. The fraction of sp³-hybridized carbons (Fsp3) is 0.316. The van der Waals surface area contributed by atoms with Crippen LogP contribution in [0.4, 0.5) is 5.69 Å². The van der Waals surface area contributed by atoms with Gasteiger partial charge in [-0.25, -0.2) is 13.2 Å². The van der Waals surface area contributed by atoms with E-state index >= 15 is 0 Å². The summed E-state index contributed by atoms with van der Waals surface area (Å²) in [5, 5.41) is 0. The summed E-state index contributed by atoms with van der Waals surface area (Å²) in [5.41, 5.74) is 1.88. The Labute approximate surface area is 149 Å². The molecule has 6 heteroatoms. The minimum atomic E-state index is -3.67. The molecule has 134 valence electrons. The van der Waals surface area contributed by atoms with Gasteiger partial charge in [-0.2, -0.15) is 0 Å².